The molecule has 0 amide bonds. The predicted octanol–water partition coefficient (Wildman–Crippen LogP) is 1.81. The first-order valence-corrected chi connectivity index (χ1v) is 4.84. The zero-order valence-electron chi connectivity index (χ0n) is 9.19. The highest BCUT2D eigenvalue weighted by Gasteiger charge is 2.01. The Morgan fingerprint density at radius 3 is 2.73 bits per heavy atom. The van der Waals surface area contributed by atoms with Crippen LogP contribution in [-0.2, 0) is 11.3 Å². The first-order chi connectivity index (χ1) is 7.31. The molecule has 0 saturated carbocycles. The van der Waals surface area contributed by atoms with E-state index < -0.39 is 0 Å². The molecular weight excluding hydrogens is 190 g/mol. The summed E-state index contributed by atoms with van der Waals surface area (Å²) in [6.07, 6.45) is 3.91. The van der Waals surface area contributed by atoms with Crippen LogP contribution in [0, 0.1) is 0 Å². The van der Waals surface area contributed by atoms with Crippen LogP contribution in [0.1, 0.15) is 11.1 Å². The Bertz CT molecular complexity index is 334. The minimum Gasteiger partial charge on any atom is -0.497 e. The van der Waals surface area contributed by atoms with Crippen LogP contribution < -0.4 is 10.5 Å². The van der Waals surface area contributed by atoms with Crippen LogP contribution in [0.4, 0.5) is 0 Å². The molecule has 0 heterocycles. The summed E-state index contributed by atoms with van der Waals surface area (Å²) < 4.78 is 10.3. The molecule has 0 fully saturated rings. The van der Waals surface area contributed by atoms with Gasteiger partial charge in [0.05, 0.1) is 13.7 Å². The van der Waals surface area contributed by atoms with Gasteiger partial charge in [-0.2, -0.15) is 0 Å². The van der Waals surface area contributed by atoms with Crippen molar-refractivity contribution in [2.24, 2.45) is 5.73 Å². The average Bonchev–Trinajstić information content (AvgIpc) is 2.27. The Morgan fingerprint density at radius 2 is 2.13 bits per heavy atom. The van der Waals surface area contributed by atoms with Crippen LogP contribution in [-0.4, -0.2) is 20.8 Å². The second kappa shape index (κ2) is 6.22. The molecule has 0 unspecified atom stereocenters. The molecule has 0 saturated heterocycles. The van der Waals surface area contributed by atoms with Crippen molar-refractivity contribution in [3.63, 3.8) is 0 Å². The van der Waals surface area contributed by atoms with E-state index in [4.69, 9.17) is 15.2 Å². The number of hydrogen-bond acceptors (Lipinski definition) is 3. The van der Waals surface area contributed by atoms with Crippen molar-refractivity contribution in [3.05, 3.63) is 35.4 Å². The molecule has 0 spiro atoms. The maximum absolute atomic E-state index is 5.41. The molecule has 3 nitrogen and oxygen atoms in total. The quantitative estimate of drug-likeness (QED) is 0.801. The van der Waals surface area contributed by atoms with Crippen LogP contribution in [0.2, 0.25) is 0 Å². The summed E-state index contributed by atoms with van der Waals surface area (Å²) >= 11 is 0. The molecule has 1 rings (SSSR count). The molecule has 1 aromatic carbocycles. The Morgan fingerprint density at radius 1 is 1.33 bits per heavy atom. The van der Waals surface area contributed by atoms with Gasteiger partial charge in [-0.25, -0.2) is 0 Å². The van der Waals surface area contributed by atoms with Crippen LogP contribution in [0.25, 0.3) is 6.08 Å². The van der Waals surface area contributed by atoms with Gasteiger partial charge in [0, 0.05) is 13.7 Å². The van der Waals surface area contributed by atoms with E-state index in [1.807, 2.05) is 30.4 Å². The maximum atomic E-state index is 5.41. The molecule has 82 valence electrons. The van der Waals surface area contributed by atoms with Gasteiger partial charge in [-0.05, 0) is 23.3 Å². The van der Waals surface area contributed by atoms with Gasteiger partial charge < -0.3 is 15.2 Å². The molecule has 0 radical (unpaired) electrons. The van der Waals surface area contributed by atoms with Gasteiger partial charge in [0.2, 0.25) is 0 Å². The highest BCUT2D eigenvalue weighted by molar-refractivity contribution is 5.55. The van der Waals surface area contributed by atoms with E-state index in [1.54, 1.807) is 14.2 Å². The number of rotatable bonds is 5. The smallest absolute Gasteiger partial charge is 0.119 e. The molecule has 0 atom stereocenters. The monoisotopic (exact) mass is 207 g/mol. The minimum atomic E-state index is 0.540. The summed E-state index contributed by atoms with van der Waals surface area (Å²) in [4.78, 5) is 0. The van der Waals surface area contributed by atoms with Crippen LogP contribution in [0.5, 0.6) is 5.75 Å². The summed E-state index contributed by atoms with van der Waals surface area (Å²) in [6.45, 7) is 1.11. The zero-order valence-corrected chi connectivity index (χ0v) is 9.19. The van der Waals surface area contributed by atoms with Crippen molar-refractivity contribution in [2.75, 3.05) is 20.8 Å². The van der Waals surface area contributed by atoms with E-state index in [9.17, 15) is 0 Å². The first kappa shape index (κ1) is 11.8. The minimum absolute atomic E-state index is 0.540. The number of methoxy groups -OCH3 is 2. The average molecular weight is 207 g/mol. The normalized spacial score (nSPS) is 10.9. The second-order valence-corrected chi connectivity index (χ2v) is 3.14. The van der Waals surface area contributed by atoms with E-state index in [1.165, 1.54) is 0 Å². The Hall–Kier alpha value is -1.32. The third-order valence-electron chi connectivity index (χ3n) is 2.08. The Balaban J connectivity index is 2.97. The lowest BCUT2D eigenvalue weighted by molar-refractivity contribution is 0.184. The van der Waals surface area contributed by atoms with Crippen molar-refractivity contribution < 1.29 is 9.47 Å². The summed E-state index contributed by atoms with van der Waals surface area (Å²) in [6, 6.07) is 5.90. The fourth-order valence-electron chi connectivity index (χ4n) is 1.35. The molecular formula is C12H17NO2. The molecule has 0 aromatic heterocycles. The summed E-state index contributed by atoms with van der Waals surface area (Å²) in [7, 11) is 3.33. The van der Waals surface area contributed by atoms with E-state index in [0.29, 0.717) is 13.2 Å². The third kappa shape index (κ3) is 3.38. The highest BCUT2D eigenvalue weighted by atomic mass is 16.5. The fourth-order valence-corrected chi connectivity index (χ4v) is 1.35. The Labute approximate surface area is 90.5 Å². The van der Waals surface area contributed by atoms with Crippen molar-refractivity contribution in [1.82, 2.24) is 0 Å². The molecule has 1 aromatic rings. The molecule has 15 heavy (non-hydrogen) atoms. The standard InChI is InChI=1S/C12H17NO2/c1-14-9-11-8-12(15-2)6-5-10(11)4-3-7-13/h3-6,8H,7,9,13H2,1-2H3/b4-3+. The highest BCUT2D eigenvalue weighted by Crippen LogP contribution is 2.19. The van der Waals surface area contributed by atoms with Gasteiger partial charge in [-0.1, -0.05) is 18.2 Å². The van der Waals surface area contributed by atoms with Gasteiger partial charge in [-0.15, -0.1) is 0 Å². The van der Waals surface area contributed by atoms with Crippen LogP contribution in [0.15, 0.2) is 24.3 Å². The number of hydrogen-bond donors (Lipinski definition) is 1. The predicted molar refractivity (Wildman–Crippen MR) is 61.8 cm³/mol. The van der Waals surface area contributed by atoms with Gasteiger partial charge in [0.25, 0.3) is 0 Å². The number of benzene rings is 1. The lowest BCUT2D eigenvalue weighted by Crippen LogP contribution is -1.95. The molecule has 2 N–H and O–H groups in total. The number of ether oxygens (including phenoxy) is 2. The van der Waals surface area contributed by atoms with Gasteiger partial charge in [0.1, 0.15) is 5.75 Å². The Kier molecular flexibility index (Phi) is 4.87. The van der Waals surface area contributed by atoms with E-state index >= 15 is 0 Å². The zero-order chi connectivity index (χ0) is 11.1. The summed E-state index contributed by atoms with van der Waals surface area (Å²) in [5.74, 6) is 0.840. The van der Waals surface area contributed by atoms with Crippen molar-refractivity contribution in [3.8, 4) is 5.75 Å². The van der Waals surface area contributed by atoms with Crippen molar-refractivity contribution in [1.29, 1.82) is 0 Å². The first-order valence-electron chi connectivity index (χ1n) is 4.84. The van der Waals surface area contributed by atoms with Crippen molar-refractivity contribution in [2.45, 2.75) is 6.61 Å². The molecule has 0 aliphatic rings. The van der Waals surface area contributed by atoms with E-state index in [-0.39, 0.29) is 0 Å². The maximum Gasteiger partial charge on any atom is 0.119 e. The molecule has 3 heteroatoms. The second-order valence-electron chi connectivity index (χ2n) is 3.14. The van der Waals surface area contributed by atoms with Crippen molar-refractivity contribution >= 4 is 6.08 Å². The summed E-state index contributed by atoms with van der Waals surface area (Å²) in [5.41, 5.74) is 7.63. The lowest BCUT2D eigenvalue weighted by Gasteiger charge is -2.07. The van der Waals surface area contributed by atoms with Gasteiger partial charge >= 0.3 is 0 Å². The molecule has 0 bridgehead atoms. The van der Waals surface area contributed by atoms with Crippen LogP contribution in [0.3, 0.4) is 0 Å². The SMILES string of the molecule is COCc1cc(OC)ccc1/C=C/CN. The van der Waals surface area contributed by atoms with E-state index in [2.05, 4.69) is 0 Å². The van der Waals surface area contributed by atoms with E-state index in [0.717, 1.165) is 16.9 Å². The molecule has 0 aliphatic carbocycles. The van der Waals surface area contributed by atoms with Gasteiger partial charge in [-0.3, -0.25) is 0 Å². The van der Waals surface area contributed by atoms with Gasteiger partial charge in [0.15, 0.2) is 0 Å². The lowest BCUT2D eigenvalue weighted by atomic mass is 10.1. The topological polar surface area (TPSA) is 44.5 Å². The molecule has 0 aliphatic heterocycles. The number of nitrogens with two attached hydrogens (primary N) is 1. The fraction of sp³-hybridized carbons (Fsp3) is 0.333. The third-order valence-corrected chi connectivity index (χ3v) is 2.08. The summed E-state index contributed by atoms with van der Waals surface area (Å²) in [5, 5.41) is 0. The van der Waals surface area contributed by atoms with Crippen LogP contribution >= 0.6 is 0 Å². The largest absolute Gasteiger partial charge is 0.497 e.